The van der Waals surface area contributed by atoms with E-state index >= 15 is 0 Å². The quantitative estimate of drug-likeness (QED) is 0.590. The number of fused-ring (bicyclic) bond motifs is 1. The van der Waals surface area contributed by atoms with E-state index in [0.29, 0.717) is 47.2 Å². The summed E-state index contributed by atoms with van der Waals surface area (Å²) < 4.78 is 18.5. The first kappa shape index (κ1) is 20.0. The molecule has 0 saturated carbocycles. The number of aromatic nitrogens is 1. The van der Waals surface area contributed by atoms with Crippen LogP contribution in [0.25, 0.3) is 10.2 Å². The van der Waals surface area contributed by atoms with Crippen molar-refractivity contribution in [1.29, 1.82) is 0 Å². The Labute approximate surface area is 166 Å². The molecule has 7 nitrogen and oxygen atoms in total. The predicted octanol–water partition coefficient (Wildman–Crippen LogP) is 3.48. The maximum absolute atomic E-state index is 12.7. The van der Waals surface area contributed by atoms with Crippen molar-refractivity contribution in [3.63, 3.8) is 0 Å². The van der Waals surface area contributed by atoms with Gasteiger partial charge in [-0.15, -0.1) is 0 Å². The minimum Gasteiger partial charge on any atom is -0.466 e. The molecule has 28 heavy (non-hydrogen) atoms. The fraction of sp³-hybridized carbons (Fsp3) is 0.350. The number of furan rings is 1. The van der Waals surface area contributed by atoms with Crippen LogP contribution in [0, 0.1) is 13.8 Å². The zero-order chi connectivity index (χ0) is 20.3. The Balaban J connectivity index is 2.10. The van der Waals surface area contributed by atoms with Crippen molar-refractivity contribution in [3.8, 4) is 0 Å². The van der Waals surface area contributed by atoms with Gasteiger partial charge < -0.3 is 18.5 Å². The summed E-state index contributed by atoms with van der Waals surface area (Å²) in [7, 11) is 1.62. The SMILES string of the molecule is CCOC(=O)c1ccc2c(c1)sc(=NC(=O)c1cc(C)oc1C)n2CCOC. The largest absolute Gasteiger partial charge is 0.466 e. The number of hydrogen-bond donors (Lipinski definition) is 0. The molecule has 0 aliphatic heterocycles. The van der Waals surface area contributed by atoms with Gasteiger partial charge in [0.2, 0.25) is 0 Å². The average molecular weight is 402 g/mol. The number of amides is 1. The average Bonchev–Trinajstić information content (AvgIpc) is 3.18. The third-order valence-electron chi connectivity index (χ3n) is 4.18. The molecular formula is C20H22N2O5S. The molecule has 0 unspecified atom stereocenters. The Morgan fingerprint density at radius 1 is 1.25 bits per heavy atom. The van der Waals surface area contributed by atoms with E-state index in [0.717, 1.165) is 10.2 Å². The first-order valence-electron chi connectivity index (χ1n) is 8.90. The fourth-order valence-corrected chi connectivity index (χ4v) is 3.98. The molecule has 0 fully saturated rings. The van der Waals surface area contributed by atoms with E-state index in [1.807, 2.05) is 10.6 Å². The summed E-state index contributed by atoms with van der Waals surface area (Å²) in [6, 6.07) is 7.00. The van der Waals surface area contributed by atoms with E-state index in [9.17, 15) is 9.59 Å². The van der Waals surface area contributed by atoms with E-state index in [2.05, 4.69) is 4.99 Å². The lowest BCUT2D eigenvalue weighted by Crippen LogP contribution is -2.19. The van der Waals surface area contributed by atoms with Crippen LogP contribution in [0.4, 0.5) is 0 Å². The molecule has 2 aromatic heterocycles. The lowest BCUT2D eigenvalue weighted by atomic mass is 10.2. The van der Waals surface area contributed by atoms with Gasteiger partial charge in [-0.1, -0.05) is 11.3 Å². The highest BCUT2D eigenvalue weighted by Gasteiger charge is 2.15. The number of hydrogen-bond acceptors (Lipinski definition) is 6. The van der Waals surface area contributed by atoms with Gasteiger partial charge in [0.25, 0.3) is 5.91 Å². The molecule has 0 atom stereocenters. The van der Waals surface area contributed by atoms with E-state index in [-0.39, 0.29) is 11.9 Å². The van der Waals surface area contributed by atoms with Crippen molar-refractivity contribution in [2.45, 2.75) is 27.3 Å². The van der Waals surface area contributed by atoms with Crippen LogP contribution in [-0.4, -0.2) is 36.8 Å². The van der Waals surface area contributed by atoms with Gasteiger partial charge in [0.15, 0.2) is 4.80 Å². The lowest BCUT2D eigenvalue weighted by molar-refractivity contribution is 0.0526. The number of aryl methyl sites for hydroxylation is 2. The zero-order valence-corrected chi connectivity index (χ0v) is 17.1. The third-order valence-corrected chi connectivity index (χ3v) is 5.22. The molecule has 148 valence electrons. The minimum absolute atomic E-state index is 0.313. The fourth-order valence-electron chi connectivity index (χ4n) is 2.89. The number of methoxy groups -OCH3 is 1. The smallest absolute Gasteiger partial charge is 0.338 e. The second kappa shape index (κ2) is 8.53. The second-order valence-electron chi connectivity index (χ2n) is 6.18. The van der Waals surface area contributed by atoms with E-state index in [4.69, 9.17) is 13.9 Å². The van der Waals surface area contributed by atoms with Crippen LogP contribution in [-0.2, 0) is 16.0 Å². The number of rotatable bonds is 6. The molecular weight excluding hydrogens is 380 g/mol. The van der Waals surface area contributed by atoms with Crippen molar-refractivity contribution < 1.29 is 23.5 Å². The standard InChI is InChI=1S/C20H22N2O5S/c1-5-26-19(24)14-6-7-16-17(11-14)28-20(22(16)8-9-25-4)21-18(23)15-10-12(2)27-13(15)3/h6-7,10-11H,5,8-9H2,1-4H3. The van der Waals surface area contributed by atoms with Crippen LogP contribution in [0.15, 0.2) is 33.7 Å². The third kappa shape index (κ3) is 4.07. The highest BCUT2D eigenvalue weighted by Crippen LogP contribution is 2.21. The van der Waals surface area contributed by atoms with Crippen molar-refractivity contribution >= 4 is 33.4 Å². The van der Waals surface area contributed by atoms with Crippen molar-refractivity contribution in [2.24, 2.45) is 4.99 Å². The predicted molar refractivity (Wildman–Crippen MR) is 106 cm³/mol. The van der Waals surface area contributed by atoms with Crippen LogP contribution in [0.5, 0.6) is 0 Å². The summed E-state index contributed by atoms with van der Waals surface area (Å²) in [6.45, 7) is 6.61. The maximum atomic E-state index is 12.7. The summed E-state index contributed by atoms with van der Waals surface area (Å²) >= 11 is 1.34. The van der Waals surface area contributed by atoms with Crippen LogP contribution < -0.4 is 4.80 Å². The molecule has 0 spiro atoms. The number of carbonyl (C=O) groups excluding carboxylic acids is 2. The van der Waals surface area contributed by atoms with Crippen LogP contribution in [0.3, 0.4) is 0 Å². The Hall–Kier alpha value is -2.71. The van der Waals surface area contributed by atoms with Gasteiger partial charge in [-0.3, -0.25) is 4.79 Å². The van der Waals surface area contributed by atoms with Crippen LogP contribution >= 0.6 is 11.3 Å². The summed E-state index contributed by atoms with van der Waals surface area (Å²) in [5.74, 6) is 0.470. The monoisotopic (exact) mass is 402 g/mol. The number of benzene rings is 1. The molecule has 0 aliphatic rings. The van der Waals surface area contributed by atoms with E-state index in [1.54, 1.807) is 46.1 Å². The van der Waals surface area contributed by atoms with Gasteiger partial charge in [0, 0.05) is 13.7 Å². The first-order chi connectivity index (χ1) is 13.4. The lowest BCUT2D eigenvalue weighted by Gasteiger charge is -2.05. The molecule has 0 saturated heterocycles. The first-order valence-corrected chi connectivity index (χ1v) is 9.71. The Morgan fingerprint density at radius 2 is 2.04 bits per heavy atom. The molecule has 0 N–H and O–H groups in total. The molecule has 3 rings (SSSR count). The normalized spacial score (nSPS) is 11.9. The van der Waals surface area contributed by atoms with Crippen molar-refractivity contribution in [3.05, 3.63) is 51.7 Å². The minimum atomic E-state index is -0.375. The number of thiazole rings is 1. The van der Waals surface area contributed by atoms with Crippen molar-refractivity contribution in [1.82, 2.24) is 4.57 Å². The molecule has 0 bridgehead atoms. The second-order valence-corrected chi connectivity index (χ2v) is 7.19. The van der Waals surface area contributed by atoms with Crippen LogP contribution in [0.1, 0.15) is 39.2 Å². The summed E-state index contributed by atoms with van der Waals surface area (Å²) in [5, 5.41) is 0. The van der Waals surface area contributed by atoms with Gasteiger partial charge in [-0.25, -0.2) is 4.79 Å². The number of nitrogens with zero attached hydrogens (tertiary/aromatic N) is 2. The Morgan fingerprint density at radius 3 is 2.68 bits per heavy atom. The Kier molecular flexibility index (Phi) is 6.11. The number of ether oxygens (including phenoxy) is 2. The summed E-state index contributed by atoms with van der Waals surface area (Å²) in [5.41, 5.74) is 1.79. The van der Waals surface area contributed by atoms with Crippen molar-refractivity contribution in [2.75, 3.05) is 20.3 Å². The Bertz CT molecular complexity index is 1090. The molecule has 1 amide bonds. The van der Waals surface area contributed by atoms with Gasteiger partial charge in [0.05, 0.1) is 34.6 Å². The topological polar surface area (TPSA) is 83.0 Å². The van der Waals surface area contributed by atoms with Gasteiger partial charge >= 0.3 is 5.97 Å². The van der Waals surface area contributed by atoms with Crippen LogP contribution in [0.2, 0.25) is 0 Å². The van der Waals surface area contributed by atoms with Gasteiger partial charge in [-0.05, 0) is 45.0 Å². The molecule has 2 heterocycles. The maximum Gasteiger partial charge on any atom is 0.338 e. The highest BCUT2D eigenvalue weighted by atomic mass is 32.1. The van der Waals surface area contributed by atoms with Gasteiger partial charge in [-0.2, -0.15) is 4.99 Å². The molecule has 0 aliphatic carbocycles. The molecule has 3 aromatic rings. The van der Waals surface area contributed by atoms with E-state index < -0.39 is 0 Å². The number of carbonyl (C=O) groups is 2. The summed E-state index contributed by atoms with van der Waals surface area (Å²) in [6.07, 6.45) is 0. The summed E-state index contributed by atoms with van der Waals surface area (Å²) in [4.78, 5) is 29.5. The molecule has 1 aromatic carbocycles. The highest BCUT2D eigenvalue weighted by molar-refractivity contribution is 7.16. The zero-order valence-electron chi connectivity index (χ0n) is 16.3. The number of esters is 1. The molecule has 0 radical (unpaired) electrons. The molecule has 8 heteroatoms. The van der Waals surface area contributed by atoms with E-state index in [1.165, 1.54) is 11.3 Å². The van der Waals surface area contributed by atoms with Gasteiger partial charge in [0.1, 0.15) is 11.5 Å².